The summed E-state index contributed by atoms with van der Waals surface area (Å²) in [6, 6.07) is 19.4. The van der Waals surface area contributed by atoms with Gasteiger partial charge in [-0.15, -0.1) is 0 Å². The van der Waals surface area contributed by atoms with Crippen LogP contribution in [0.25, 0.3) is 11.0 Å². The van der Waals surface area contributed by atoms with Crippen molar-refractivity contribution in [2.24, 2.45) is 0 Å². The number of nitrogens with one attached hydrogen (secondary N) is 2. The molecule has 146 valence electrons. The van der Waals surface area contributed by atoms with Crippen LogP contribution < -0.4 is 10.0 Å². The number of fused-ring (bicyclic) bond motifs is 1. The molecule has 1 heterocycles. The molecule has 0 saturated heterocycles. The first-order valence-electron chi connectivity index (χ1n) is 8.80. The van der Waals surface area contributed by atoms with E-state index in [1.165, 1.54) is 18.2 Å². The van der Waals surface area contributed by atoms with Gasteiger partial charge in [-0.2, -0.15) is 0 Å². The predicted molar refractivity (Wildman–Crippen MR) is 111 cm³/mol. The molecule has 0 radical (unpaired) electrons. The molecular formula is C21H17FN4O2S. The van der Waals surface area contributed by atoms with Crippen molar-refractivity contribution in [3.05, 3.63) is 84.2 Å². The number of anilines is 3. The van der Waals surface area contributed by atoms with Crippen molar-refractivity contribution in [1.82, 2.24) is 9.97 Å². The molecule has 2 N–H and O–H groups in total. The standard InChI is InChI=1S/C21H17FN4O2S/c1-14-6-4-9-17(12-14)29(27,28)26-21-20(23-16-8-5-7-15(22)13-16)24-18-10-2-3-11-19(18)25-21/h2-13H,1H3,(H,23,24)(H,25,26). The zero-order valence-corrected chi connectivity index (χ0v) is 16.2. The van der Waals surface area contributed by atoms with Gasteiger partial charge in [0.1, 0.15) is 5.82 Å². The highest BCUT2D eigenvalue weighted by Gasteiger charge is 2.19. The fourth-order valence-electron chi connectivity index (χ4n) is 2.83. The van der Waals surface area contributed by atoms with E-state index in [2.05, 4.69) is 20.0 Å². The van der Waals surface area contributed by atoms with E-state index in [-0.39, 0.29) is 16.5 Å². The first-order valence-corrected chi connectivity index (χ1v) is 10.3. The number of aryl methyl sites for hydroxylation is 1. The number of para-hydroxylation sites is 2. The average Bonchev–Trinajstić information content (AvgIpc) is 2.68. The third-order valence-corrected chi connectivity index (χ3v) is 5.53. The highest BCUT2D eigenvalue weighted by Crippen LogP contribution is 2.27. The number of nitrogens with zero attached hydrogens (tertiary/aromatic N) is 2. The van der Waals surface area contributed by atoms with Crippen LogP contribution in [0.1, 0.15) is 5.56 Å². The highest BCUT2D eigenvalue weighted by atomic mass is 32.2. The second-order valence-corrected chi connectivity index (χ2v) is 8.15. The van der Waals surface area contributed by atoms with Crippen LogP contribution in [-0.4, -0.2) is 18.4 Å². The maximum absolute atomic E-state index is 13.6. The minimum absolute atomic E-state index is 0.0227. The van der Waals surface area contributed by atoms with E-state index >= 15 is 0 Å². The van der Waals surface area contributed by atoms with E-state index in [0.717, 1.165) is 5.56 Å². The van der Waals surface area contributed by atoms with Gasteiger partial charge in [0.05, 0.1) is 15.9 Å². The second kappa shape index (κ2) is 7.48. The van der Waals surface area contributed by atoms with Crippen LogP contribution in [-0.2, 0) is 10.0 Å². The Hall–Kier alpha value is -3.52. The maximum Gasteiger partial charge on any atom is 0.263 e. The van der Waals surface area contributed by atoms with E-state index in [1.54, 1.807) is 48.5 Å². The van der Waals surface area contributed by atoms with Gasteiger partial charge in [-0.05, 0) is 55.0 Å². The lowest BCUT2D eigenvalue weighted by Crippen LogP contribution is -2.16. The van der Waals surface area contributed by atoms with Gasteiger partial charge in [-0.25, -0.2) is 22.8 Å². The first-order chi connectivity index (χ1) is 13.9. The zero-order chi connectivity index (χ0) is 20.4. The number of aromatic nitrogens is 2. The van der Waals surface area contributed by atoms with Crippen LogP contribution in [0, 0.1) is 12.7 Å². The number of halogens is 1. The molecular weight excluding hydrogens is 391 g/mol. The number of benzene rings is 3. The summed E-state index contributed by atoms with van der Waals surface area (Å²) in [4.78, 5) is 9.01. The van der Waals surface area contributed by atoms with Gasteiger partial charge < -0.3 is 5.32 Å². The molecule has 29 heavy (non-hydrogen) atoms. The summed E-state index contributed by atoms with van der Waals surface area (Å²) in [7, 11) is -3.89. The van der Waals surface area contributed by atoms with Gasteiger partial charge in [0, 0.05) is 5.69 Å². The van der Waals surface area contributed by atoms with Crippen molar-refractivity contribution in [3.8, 4) is 0 Å². The predicted octanol–water partition coefficient (Wildman–Crippen LogP) is 4.62. The molecule has 0 spiro atoms. The average molecular weight is 408 g/mol. The fraction of sp³-hybridized carbons (Fsp3) is 0.0476. The quantitative estimate of drug-likeness (QED) is 0.503. The van der Waals surface area contributed by atoms with Crippen molar-refractivity contribution >= 4 is 38.4 Å². The van der Waals surface area contributed by atoms with Crippen molar-refractivity contribution in [2.45, 2.75) is 11.8 Å². The Balaban J connectivity index is 1.79. The van der Waals surface area contributed by atoms with Crippen LogP contribution in [0.15, 0.2) is 77.7 Å². The van der Waals surface area contributed by atoms with Crippen LogP contribution in [0.4, 0.5) is 21.7 Å². The monoisotopic (exact) mass is 408 g/mol. The second-order valence-electron chi connectivity index (χ2n) is 6.47. The van der Waals surface area contributed by atoms with E-state index in [4.69, 9.17) is 0 Å². The Morgan fingerprint density at radius 1 is 0.828 bits per heavy atom. The minimum atomic E-state index is -3.89. The summed E-state index contributed by atoms with van der Waals surface area (Å²) in [5.41, 5.74) is 2.34. The van der Waals surface area contributed by atoms with Gasteiger partial charge in [0.2, 0.25) is 0 Å². The molecule has 0 bridgehead atoms. The molecule has 4 aromatic rings. The molecule has 0 aliphatic rings. The topological polar surface area (TPSA) is 84.0 Å². The van der Waals surface area contributed by atoms with Crippen molar-refractivity contribution < 1.29 is 12.8 Å². The van der Waals surface area contributed by atoms with Crippen molar-refractivity contribution in [2.75, 3.05) is 10.0 Å². The lowest BCUT2D eigenvalue weighted by molar-refractivity contribution is 0.601. The Bertz CT molecular complexity index is 1310. The summed E-state index contributed by atoms with van der Waals surface area (Å²) in [5, 5.41) is 2.95. The van der Waals surface area contributed by atoms with Crippen LogP contribution in [0.2, 0.25) is 0 Å². The molecule has 0 fully saturated rings. The van der Waals surface area contributed by atoms with Gasteiger partial charge >= 0.3 is 0 Å². The van der Waals surface area contributed by atoms with E-state index in [0.29, 0.717) is 16.7 Å². The summed E-state index contributed by atoms with van der Waals surface area (Å²) in [6.45, 7) is 1.81. The fourth-order valence-corrected chi connectivity index (χ4v) is 3.94. The largest absolute Gasteiger partial charge is 0.337 e. The van der Waals surface area contributed by atoms with E-state index < -0.39 is 15.8 Å². The lowest BCUT2D eigenvalue weighted by Gasteiger charge is -2.14. The summed E-state index contributed by atoms with van der Waals surface area (Å²) >= 11 is 0. The summed E-state index contributed by atoms with van der Waals surface area (Å²) < 4.78 is 41.8. The molecule has 0 amide bonds. The SMILES string of the molecule is Cc1cccc(S(=O)(=O)Nc2nc3ccccc3nc2Nc2cccc(F)c2)c1. The molecule has 4 rings (SSSR count). The van der Waals surface area contributed by atoms with Crippen LogP contribution >= 0.6 is 0 Å². The number of hydrogen-bond acceptors (Lipinski definition) is 5. The summed E-state index contributed by atoms with van der Waals surface area (Å²) in [6.07, 6.45) is 0. The Morgan fingerprint density at radius 3 is 2.21 bits per heavy atom. The Kier molecular flexibility index (Phi) is 4.85. The van der Waals surface area contributed by atoms with E-state index in [9.17, 15) is 12.8 Å². The van der Waals surface area contributed by atoms with Crippen LogP contribution in [0.5, 0.6) is 0 Å². The van der Waals surface area contributed by atoms with E-state index in [1.807, 2.05) is 13.0 Å². The van der Waals surface area contributed by atoms with Crippen LogP contribution in [0.3, 0.4) is 0 Å². The zero-order valence-electron chi connectivity index (χ0n) is 15.4. The van der Waals surface area contributed by atoms with Gasteiger partial charge in [0.25, 0.3) is 10.0 Å². The molecule has 3 aromatic carbocycles. The van der Waals surface area contributed by atoms with Crippen molar-refractivity contribution in [1.29, 1.82) is 0 Å². The molecule has 8 heteroatoms. The Morgan fingerprint density at radius 2 is 1.52 bits per heavy atom. The summed E-state index contributed by atoms with van der Waals surface area (Å²) in [5.74, 6) is -0.231. The molecule has 0 aliphatic carbocycles. The smallest absolute Gasteiger partial charge is 0.263 e. The molecule has 0 aliphatic heterocycles. The number of sulfonamides is 1. The number of hydrogen-bond donors (Lipinski definition) is 2. The molecule has 6 nitrogen and oxygen atoms in total. The third-order valence-electron chi connectivity index (χ3n) is 4.19. The van der Waals surface area contributed by atoms with Gasteiger partial charge in [-0.3, -0.25) is 4.72 Å². The van der Waals surface area contributed by atoms with Gasteiger partial charge in [0.15, 0.2) is 11.6 Å². The lowest BCUT2D eigenvalue weighted by atomic mass is 10.2. The first kappa shape index (κ1) is 18.8. The molecule has 1 aromatic heterocycles. The maximum atomic E-state index is 13.6. The number of rotatable bonds is 5. The van der Waals surface area contributed by atoms with Crippen molar-refractivity contribution in [3.63, 3.8) is 0 Å². The normalized spacial score (nSPS) is 11.4. The Labute approximate surface area is 167 Å². The minimum Gasteiger partial charge on any atom is -0.337 e. The van der Waals surface area contributed by atoms with Gasteiger partial charge in [-0.1, -0.05) is 30.3 Å². The highest BCUT2D eigenvalue weighted by molar-refractivity contribution is 7.92. The molecule has 0 atom stereocenters. The molecule has 0 unspecified atom stereocenters. The molecule has 0 saturated carbocycles. The third kappa shape index (κ3) is 4.17.